The van der Waals surface area contributed by atoms with Crippen molar-refractivity contribution in [2.75, 3.05) is 11.3 Å². The van der Waals surface area contributed by atoms with E-state index in [0.29, 0.717) is 18.0 Å². The SMILES string of the molecule is CCOc1ccc(NS(=O)(=O)c2cccc([N+](=O)[O-])c2)cc1. The molecule has 22 heavy (non-hydrogen) atoms. The van der Waals surface area contributed by atoms with E-state index in [-0.39, 0.29) is 10.6 Å². The molecule has 0 aliphatic carbocycles. The number of sulfonamides is 1. The second kappa shape index (κ2) is 6.44. The quantitative estimate of drug-likeness (QED) is 0.651. The summed E-state index contributed by atoms with van der Waals surface area (Å²) in [5, 5.41) is 10.7. The molecular weight excluding hydrogens is 308 g/mol. The highest BCUT2D eigenvalue weighted by Gasteiger charge is 2.17. The number of hydrogen-bond donors (Lipinski definition) is 1. The predicted octanol–water partition coefficient (Wildman–Crippen LogP) is 2.79. The lowest BCUT2D eigenvalue weighted by atomic mass is 10.3. The zero-order chi connectivity index (χ0) is 16.2. The van der Waals surface area contributed by atoms with Gasteiger partial charge >= 0.3 is 0 Å². The van der Waals surface area contributed by atoms with Crippen LogP contribution in [0.4, 0.5) is 11.4 Å². The molecule has 0 unspecified atom stereocenters. The standard InChI is InChI=1S/C14H14N2O5S/c1-2-21-13-8-6-11(7-9-13)15-22(19,20)14-5-3-4-12(10-14)16(17)18/h3-10,15H,2H2,1H3. The number of rotatable bonds is 6. The fourth-order valence-corrected chi connectivity index (χ4v) is 2.86. The van der Waals surface area contributed by atoms with Crippen LogP contribution in [0.3, 0.4) is 0 Å². The summed E-state index contributed by atoms with van der Waals surface area (Å²) in [5.41, 5.74) is 0.0597. The van der Waals surface area contributed by atoms with E-state index in [4.69, 9.17) is 4.74 Å². The van der Waals surface area contributed by atoms with Crippen LogP contribution < -0.4 is 9.46 Å². The van der Waals surface area contributed by atoms with Crippen LogP contribution in [0.2, 0.25) is 0 Å². The number of nitro groups is 1. The third-order valence-electron chi connectivity index (χ3n) is 2.76. The number of nitrogens with zero attached hydrogens (tertiary/aromatic N) is 1. The topological polar surface area (TPSA) is 98.5 Å². The lowest BCUT2D eigenvalue weighted by Gasteiger charge is -2.09. The van der Waals surface area contributed by atoms with Gasteiger partial charge < -0.3 is 4.74 Å². The third-order valence-corrected chi connectivity index (χ3v) is 4.14. The van der Waals surface area contributed by atoms with E-state index in [1.807, 2.05) is 6.92 Å². The molecule has 0 aliphatic heterocycles. The first-order valence-corrected chi connectivity index (χ1v) is 7.91. The van der Waals surface area contributed by atoms with E-state index in [0.717, 1.165) is 6.07 Å². The van der Waals surface area contributed by atoms with Crippen molar-refractivity contribution < 1.29 is 18.1 Å². The van der Waals surface area contributed by atoms with Crippen LogP contribution in [0.25, 0.3) is 0 Å². The predicted molar refractivity (Wildman–Crippen MR) is 81.5 cm³/mol. The van der Waals surface area contributed by atoms with Gasteiger partial charge in [-0.3, -0.25) is 14.8 Å². The molecule has 0 aliphatic rings. The minimum absolute atomic E-state index is 0.171. The number of anilines is 1. The van der Waals surface area contributed by atoms with E-state index in [9.17, 15) is 18.5 Å². The smallest absolute Gasteiger partial charge is 0.270 e. The third kappa shape index (κ3) is 3.73. The maximum Gasteiger partial charge on any atom is 0.270 e. The van der Waals surface area contributed by atoms with Crippen molar-refractivity contribution in [3.63, 3.8) is 0 Å². The van der Waals surface area contributed by atoms with Gasteiger partial charge in [0.05, 0.1) is 16.4 Å². The lowest BCUT2D eigenvalue weighted by molar-refractivity contribution is -0.385. The summed E-state index contributed by atoms with van der Waals surface area (Å²) in [7, 11) is -3.89. The second-order valence-electron chi connectivity index (χ2n) is 4.32. The van der Waals surface area contributed by atoms with E-state index in [1.165, 1.54) is 18.2 Å². The maximum atomic E-state index is 12.2. The molecule has 8 heteroatoms. The van der Waals surface area contributed by atoms with Crippen molar-refractivity contribution in [2.24, 2.45) is 0 Å². The minimum Gasteiger partial charge on any atom is -0.494 e. The highest BCUT2D eigenvalue weighted by molar-refractivity contribution is 7.92. The Hall–Kier alpha value is -2.61. The fourth-order valence-electron chi connectivity index (χ4n) is 1.76. The Bertz CT molecular complexity index is 772. The molecule has 0 radical (unpaired) electrons. The Kier molecular flexibility index (Phi) is 4.62. The van der Waals surface area contributed by atoms with Crippen molar-refractivity contribution in [3.8, 4) is 5.75 Å². The molecular formula is C14H14N2O5S. The summed E-state index contributed by atoms with van der Waals surface area (Å²) >= 11 is 0. The molecule has 2 aromatic carbocycles. The van der Waals surface area contributed by atoms with Gasteiger partial charge in [0.2, 0.25) is 0 Å². The second-order valence-corrected chi connectivity index (χ2v) is 6.00. The van der Waals surface area contributed by atoms with Gasteiger partial charge in [0.15, 0.2) is 0 Å². The average molecular weight is 322 g/mol. The van der Waals surface area contributed by atoms with E-state index in [2.05, 4.69) is 4.72 Å². The summed E-state index contributed by atoms with van der Waals surface area (Å²) in [6, 6.07) is 11.2. The lowest BCUT2D eigenvalue weighted by Crippen LogP contribution is -2.13. The number of ether oxygens (including phenoxy) is 1. The molecule has 0 atom stereocenters. The highest BCUT2D eigenvalue weighted by Crippen LogP contribution is 2.22. The van der Waals surface area contributed by atoms with Gasteiger partial charge in [0.1, 0.15) is 5.75 Å². The van der Waals surface area contributed by atoms with Crippen molar-refractivity contribution in [3.05, 3.63) is 58.6 Å². The van der Waals surface area contributed by atoms with Crippen LogP contribution in [0, 0.1) is 10.1 Å². The number of benzene rings is 2. The van der Waals surface area contributed by atoms with Crippen molar-refractivity contribution in [1.29, 1.82) is 0 Å². The first-order chi connectivity index (χ1) is 10.4. The Morgan fingerprint density at radius 3 is 2.45 bits per heavy atom. The van der Waals surface area contributed by atoms with Gasteiger partial charge in [0, 0.05) is 17.8 Å². The van der Waals surface area contributed by atoms with Gasteiger partial charge in [-0.15, -0.1) is 0 Å². The Labute approximate surface area is 127 Å². The van der Waals surface area contributed by atoms with Gasteiger partial charge in [-0.1, -0.05) is 6.07 Å². The maximum absolute atomic E-state index is 12.2. The largest absolute Gasteiger partial charge is 0.494 e. The van der Waals surface area contributed by atoms with Gasteiger partial charge in [-0.2, -0.15) is 0 Å². The van der Waals surface area contributed by atoms with Gasteiger partial charge in [-0.05, 0) is 37.3 Å². The van der Waals surface area contributed by atoms with Crippen LogP contribution in [0.1, 0.15) is 6.92 Å². The molecule has 2 rings (SSSR count). The fraction of sp³-hybridized carbons (Fsp3) is 0.143. The first-order valence-electron chi connectivity index (χ1n) is 6.42. The molecule has 0 amide bonds. The van der Waals surface area contributed by atoms with Gasteiger partial charge in [-0.25, -0.2) is 8.42 Å². The van der Waals surface area contributed by atoms with Gasteiger partial charge in [0.25, 0.3) is 15.7 Å². The van der Waals surface area contributed by atoms with E-state index < -0.39 is 14.9 Å². The molecule has 0 bridgehead atoms. The summed E-state index contributed by atoms with van der Waals surface area (Å²) in [5.74, 6) is 0.626. The number of nitro benzene ring substituents is 1. The monoisotopic (exact) mass is 322 g/mol. The molecule has 0 heterocycles. The normalized spacial score (nSPS) is 11.0. The summed E-state index contributed by atoms with van der Waals surface area (Å²) in [4.78, 5) is 9.90. The molecule has 0 saturated heterocycles. The average Bonchev–Trinajstić information content (AvgIpc) is 2.49. The Morgan fingerprint density at radius 1 is 1.18 bits per heavy atom. The van der Waals surface area contributed by atoms with Crippen LogP contribution in [-0.4, -0.2) is 19.9 Å². The van der Waals surface area contributed by atoms with Crippen LogP contribution in [-0.2, 0) is 10.0 Å². The van der Waals surface area contributed by atoms with Crippen LogP contribution >= 0.6 is 0 Å². The van der Waals surface area contributed by atoms with Crippen molar-refractivity contribution in [2.45, 2.75) is 11.8 Å². The van der Waals surface area contributed by atoms with Crippen LogP contribution in [0.15, 0.2) is 53.4 Å². The van der Waals surface area contributed by atoms with Crippen molar-refractivity contribution >= 4 is 21.4 Å². The Morgan fingerprint density at radius 2 is 1.86 bits per heavy atom. The van der Waals surface area contributed by atoms with Crippen LogP contribution in [0.5, 0.6) is 5.75 Å². The zero-order valence-corrected chi connectivity index (χ0v) is 12.5. The summed E-state index contributed by atoms with van der Waals surface area (Å²) < 4.78 is 32.1. The molecule has 1 N–H and O–H groups in total. The Balaban J connectivity index is 2.23. The minimum atomic E-state index is -3.89. The summed E-state index contributed by atoms with van der Waals surface area (Å²) in [6.07, 6.45) is 0. The van der Waals surface area contributed by atoms with Crippen molar-refractivity contribution in [1.82, 2.24) is 0 Å². The molecule has 0 spiro atoms. The summed E-state index contributed by atoms with van der Waals surface area (Å²) in [6.45, 7) is 2.36. The zero-order valence-electron chi connectivity index (χ0n) is 11.7. The van der Waals surface area contributed by atoms with E-state index in [1.54, 1.807) is 24.3 Å². The highest BCUT2D eigenvalue weighted by atomic mass is 32.2. The number of non-ortho nitro benzene ring substituents is 1. The molecule has 116 valence electrons. The van der Waals surface area contributed by atoms with E-state index >= 15 is 0 Å². The molecule has 7 nitrogen and oxygen atoms in total. The molecule has 0 aromatic heterocycles. The molecule has 0 saturated carbocycles. The molecule has 0 fully saturated rings. The molecule has 2 aromatic rings. The number of hydrogen-bond acceptors (Lipinski definition) is 5. The number of nitrogens with one attached hydrogen (secondary N) is 1. The first kappa shape index (κ1) is 15.8.